The molecule has 14 heavy (non-hydrogen) atoms. The zero-order chi connectivity index (χ0) is 10.2. The molecule has 0 unspecified atom stereocenters. The first-order chi connectivity index (χ1) is 6.88. The van der Waals surface area contributed by atoms with Crippen molar-refractivity contribution in [2.75, 3.05) is 19.8 Å². The van der Waals surface area contributed by atoms with E-state index in [0.29, 0.717) is 18.4 Å². The number of ether oxygens (including phenoxy) is 1. The van der Waals surface area contributed by atoms with E-state index in [9.17, 15) is 5.11 Å². The molecule has 2 atom stereocenters. The second-order valence-corrected chi connectivity index (χ2v) is 4.07. The third-order valence-corrected chi connectivity index (χ3v) is 2.92. The summed E-state index contributed by atoms with van der Waals surface area (Å²) in [6.07, 6.45) is 8.79. The van der Waals surface area contributed by atoms with Crippen LogP contribution in [-0.2, 0) is 4.74 Å². The van der Waals surface area contributed by atoms with Crippen molar-refractivity contribution < 1.29 is 9.84 Å². The van der Waals surface area contributed by atoms with Crippen LogP contribution in [0.15, 0.2) is 12.2 Å². The molecule has 1 aliphatic rings. The molecule has 0 radical (unpaired) electrons. The van der Waals surface area contributed by atoms with Crippen LogP contribution in [0.1, 0.15) is 32.6 Å². The standard InChI is InChI=1S/C12H22O2/c1-2-3-8-14-10-12-7-5-4-6-11(12)9-13/h4-5,11-13H,2-3,6-10H2,1H3/t11-,12-/m1/s1. The van der Waals surface area contributed by atoms with Crippen LogP contribution >= 0.6 is 0 Å². The monoisotopic (exact) mass is 198 g/mol. The van der Waals surface area contributed by atoms with Crippen LogP contribution in [0, 0.1) is 11.8 Å². The largest absolute Gasteiger partial charge is 0.396 e. The maximum absolute atomic E-state index is 9.17. The Hall–Kier alpha value is -0.340. The molecule has 0 spiro atoms. The Labute approximate surface area is 87.0 Å². The molecule has 0 fully saturated rings. The van der Waals surface area contributed by atoms with E-state index in [2.05, 4.69) is 19.1 Å². The second-order valence-electron chi connectivity index (χ2n) is 4.07. The van der Waals surface area contributed by atoms with Crippen LogP contribution in [0.25, 0.3) is 0 Å². The Morgan fingerprint density at radius 2 is 2.00 bits per heavy atom. The normalized spacial score (nSPS) is 26.7. The Kier molecular flexibility index (Phi) is 5.88. The molecule has 1 N–H and O–H groups in total. The molecule has 0 aliphatic heterocycles. The summed E-state index contributed by atoms with van der Waals surface area (Å²) in [6.45, 7) is 4.15. The van der Waals surface area contributed by atoms with Gasteiger partial charge in [0.25, 0.3) is 0 Å². The summed E-state index contributed by atoms with van der Waals surface area (Å²) < 4.78 is 5.60. The molecule has 82 valence electrons. The van der Waals surface area contributed by atoms with Gasteiger partial charge in [-0.15, -0.1) is 0 Å². The molecule has 1 rings (SSSR count). The smallest absolute Gasteiger partial charge is 0.0500 e. The van der Waals surface area contributed by atoms with Crippen LogP contribution in [0.4, 0.5) is 0 Å². The molecule has 0 amide bonds. The summed E-state index contributed by atoms with van der Waals surface area (Å²) >= 11 is 0. The molecule has 1 aliphatic carbocycles. The number of aliphatic hydroxyl groups excluding tert-OH is 1. The van der Waals surface area contributed by atoms with Crippen LogP contribution in [0.5, 0.6) is 0 Å². The molecule has 0 aromatic heterocycles. The predicted molar refractivity (Wildman–Crippen MR) is 58.2 cm³/mol. The molecule has 0 saturated heterocycles. The van der Waals surface area contributed by atoms with Gasteiger partial charge in [0.1, 0.15) is 0 Å². The van der Waals surface area contributed by atoms with E-state index in [-0.39, 0.29) is 0 Å². The Balaban J connectivity index is 2.17. The third kappa shape index (κ3) is 3.81. The van der Waals surface area contributed by atoms with Crippen molar-refractivity contribution in [2.24, 2.45) is 11.8 Å². The van der Waals surface area contributed by atoms with E-state index in [4.69, 9.17) is 4.74 Å². The topological polar surface area (TPSA) is 29.5 Å². The number of unbranched alkanes of at least 4 members (excludes halogenated alkanes) is 1. The molecule has 0 aromatic rings. The lowest BCUT2D eigenvalue weighted by molar-refractivity contribution is 0.0561. The summed E-state index contributed by atoms with van der Waals surface area (Å²) in [6, 6.07) is 0. The van der Waals surface area contributed by atoms with E-state index < -0.39 is 0 Å². The summed E-state index contributed by atoms with van der Waals surface area (Å²) in [4.78, 5) is 0. The van der Waals surface area contributed by atoms with Gasteiger partial charge >= 0.3 is 0 Å². The van der Waals surface area contributed by atoms with Gasteiger partial charge in [0, 0.05) is 13.2 Å². The van der Waals surface area contributed by atoms with Crippen LogP contribution in [-0.4, -0.2) is 24.9 Å². The highest BCUT2D eigenvalue weighted by Crippen LogP contribution is 2.25. The van der Waals surface area contributed by atoms with Crippen molar-refractivity contribution in [1.29, 1.82) is 0 Å². The minimum atomic E-state index is 0.298. The highest BCUT2D eigenvalue weighted by atomic mass is 16.5. The van der Waals surface area contributed by atoms with Crippen molar-refractivity contribution in [1.82, 2.24) is 0 Å². The van der Waals surface area contributed by atoms with Gasteiger partial charge in [0.2, 0.25) is 0 Å². The van der Waals surface area contributed by atoms with Crippen molar-refractivity contribution in [3.63, 3.8) is 0 Å². The van der Waals surface area contributed by atoms with E-state index in [1.165, 1.54) is 6.42 Å². The predicted octanol–water partition coefficient (Wildman–Crippen LogP) is 2.38. The number of hydrogen-bond acceptors (Lipinski definition) is 2. The number of aliphatic hydroxyl groups is 1. The maximum Gasteiger partial charge on any atom is 0.0500 e. The molecular formula is C12H22O2. The fraction of sp³-hybridized carbons (Fsp3) is 0.833. The minimum Gasteiger partial charge on any atom is -0.396 e. The summed E-state index contributed by atoms with van der Waals surface area (Å²) in [5.74, 6) is 0.948. The molecule has 0 heterocycles. The third-order valence-electron chi connectivity index (χ3n) is 2.92. The average Bonchev–Trinajstić information content (AvgIpc) is 2.25. The first-order valence-corrected chi connectivity index (χ1v) is 5.72. The maximum atomic E-state index is 9.17. The van der Waals surface area contributed by atoms with Crippen molar-refractivity contribution in [3.05, 3.63) is 12.2 Å². The Morgan fingerprint density at radius 3 is 2.64 bits per heavy atom. The summed E-state index contributed by atoms with van der Waals surface area (Å²) in [5.41, 5.74) is 0. The van der Waals surface area contributed by atoms with Crippen molar-refractivity contribution >= 4 is 0 Å². The minimum absolute atomic E-state index is 0.298. The molecule has 0 aromatic carbocycles. The fourth-order valence-corrected chi connectivity index (χ4v) is 1.84. The van der Waals surface area contributed by atoms with Crippen LogP contribution < -0.4 is 0 Å². The van der Waals surface area contributed by atoms with E-state index in [0.717, 1.165) is 32.5 Å². The van der Waals surface area contributed by atoms with Gasteiger partial charge in [-0.3, -0.25) is 0 Å². The summed E-state index contributed by atoms with van der Waals surface area (Å²) in [5, 5.41) is 9.17. The Bertz CT molecular complexity index is 166. The molecular weight excluding hydrogens is 176 g/mol. The first kappa shape index (κ1) is 11.7. The zero-order valence-corrected chi connectivity index (χ0v) is 9.11. The average molecular weight is 198 g/mol. The van der Waals surface area contributed by atoms with Gasteiger partial charge in [0.15, 0.2) is 0 Å². The zero-order valence-electron chi connectivity index (χ0n) is 9.11. The lowest BCUT2D eigenvalue weighted by Gasteiger charge is -2.26. The Morgan fingerprint density at radius 1 is 1.29 bits per heavy atom. The molecule has 0 saturated carbocycles. The van der Waals surface area contributed by atoms with Crippen LogP contribution in [0.3, 0.4) is 0 Å². The quantitative estimate of drug-likeness (QED) is 0.524. The number of rotatable bonds is 6. The lowest BCUT2D eigenvalue weighted by atomic mass is 9.84. The fourth-order valence-electron chi connectivity index (χ4n) is 1.84. The van der Waals surface area contributed by atoms with E-state index in [1.54, 1.807) is 0 Å². The van der Waals surface area contributed by atoms with Gasteiger partial charge in [-0.1, -0.05) is 25.5 Å². The summed E-state index contributed by atoms with van der Waals surface area (Å²) in [7, 11) is 0. The second kappa shape index (κ2) is 7.02. The highest BCUT2D eigenvalue weighted by Gasteiger charge is 2.21. The molecule has 2 nitrogen and oxygen atoms in total. The van der Waals surface area contributed by atoms with Gasteiger partial charge in [-0.05, 0) is 31.1 Å². The number of hydrogen-bond donors (Lipinski definition) is 1. The molecule has 0 bridgehead atoms. The van der Waals surface area contributed by atoms with Crippen molar-refractivity contribution in [2.45, 2.75) is 32.6 Å². The number of allylic oxidation sites excluding steroid dienone is 2. The van der Waals surface area contributed by atoms with Gasteiger partial charge in [0.05, 0.1) is 6.61 Å². The van der Waals surface area contributed by atoms with Gasteiger partial charge in [-0.2, -0.15) is 0 Å². The van der Waals surface area contributed by atoms with Crippen molar-refractivity contribution in [3.8, 4) is 0 Å². The highest BCUT2D eigenvalue weighted by molar-refractivity contribution is 4.94. The lowest BCUT2D eigenvalue weighted by Crippen LogP contribution is -2.24. The van der Waals surface area contributed by atoms with Gasteiger partial charge < -0.3 is 9.84 Å². The first-order valence-electron chi connectivity index (χ1n) is 5.72. The molecule has 2 heteroatoms. The van der Waals surface area contributed by atoms with E-state index in [1.807, 2.05) is 0 Å². The van der Waals surface area contributed by atoms with E-state index >= 15 is 0 Å². The van der Waals surface area contributed by atoms with Crippen LogP contribution in [0.2, 0.25) is 0 Å². The SMILES string of the molecule is CCCCOC[C@H]1CC=CC[C@@H]1CO. The van der Waals surface area contributed by atoms with Gasteiger partial charge in [-0.25, -0.2) is 0 Å².